The van der Waals surface area contributed by atoms with Crippen molar-refractivity contribution in [3.05, 3.63) is 94.6 Å². The molecule has 2 fully saturated rings. The zero-order valence-corrected chi connectivity index (χ0v) is 22.3. The summed E-state index contributed by atoms with van der Waals surface area (Å²) in [4.78, 5) is 11.5. The highest BCUT2D eigenvalue weighted by molar-refractivity contribution is 5.43. The van der Waals surface area contributed by atoms with Gasteiger partial charge in [0, 0.05) is 54.6 Å². The van der Waals surface area contributed by atoms with E-state index in [9.17, 15) is 10.2 Å². The van der Waals surface area contributed by atoms with Crippen LogP contribution in [0.5, 0.6) is 0 Å². The van der Waals surface area contributed by atoms with E-state index in [-0.39, 0.29) is 11.8 Å². The summed E-state index contributed by atoms with van der Waals surface area (Å²) in [5.74, 6) is 2.96. The second-order valence-electron chi connectivity index (χ2n) is 11.6. The lowest BCUT2D eigenvalue weighted by Crippen LogP contribution is -2.65. The number of aromatic nitrogens is 2. The molecule has 2 atom stereocenters. The molecule has 1 saturated heterocycles. The quantitative estimate of drug-likeness (QED) is 0.444. The zero-order chi connectivity index (χ0) is 26.4. The van der Waals surface area contributed by atoms with Crippen LogP contribution in [0.3, 0.4) is 0 Å². The van der Waals surface area contributed by atoms with Gasteiger partial charge in [-0.25, -0.2) is 0 Å². The Hall–Kier alpha value is -3.04. The van der Waals surface area contributed by atoms with Gasteiger partial charge in [0.2, 0.25) is 0 Å². The van der Waals surface area contributed by atoms with Gasteiger partial charge >= 0.3 is 0 Å². The molecule has 3 heterocycles. The van der Waals surface area contributed by atoms with E-state index in [0.717, 1.165) is 35.5 Å². The maximum Gasteiger partial charge on any atom is 0.171 e. The molecular formula is C32H37N3O2. The largest absolute Gasteiger partial charge is 0.380 e. The van der Waals surface area contributed by atoms with Crippen molar-refractivity contribution in [2.45, 2.75) is 70.1 Å². The molecule has 1 aliphatic heterocycles. The van der Waals surface area contributed by atoms with Crippen LogP contribution in [0.4, 0.5) is 0 Å². The third-order valence-electron chi connectivity index (χ3n) is 8.26. The molecule has 1 aliphatic carbocycles. The predicted octanol–water partition coefficient (Wildman–Crippen LogP) is 4.69. The number of rotatable bonds is 8. The van der Waals surface area contributed by atoms with Crippen LogP contribution >= 0.6 is 0 Å². The molecule has 0 spiro atoms. The Balaban J connectivity index is 1.53. The zero-order valence-electron chi connectivity index (χ0n) is 22.3. The molecule has 192 valence electrons. The lowest BCUT2D eigenvalue weighted by Gasteiger charge is -2.57. The molecular weight excluding hydrogens is 458 g/mol. The number of benzene rings is 1. The minimum Gasteiger partial charge on any atom is -0.380 e. The van der Waals surface area contributed by atoms with Gasteiger partial charge in [0.1, 0.15) is 5.60 Å². The van der Waals surface area contributed by atoms with Gasteiger partial charge in [-0.3, -0.25) is 14.9 Å². The van der Waals surface area contributed by atoms with Crippen molar-refractivity contribution in [3.63, 3.8) is 0 Å². The van der Waals surface area contributed by atoms with Gasteiger partial charge in [0.25, 0.3) is 0 Å². The summed E-state index contributed by atoms with van der Waals surface area (Å²) in [5.41, 5.74) is 1.59. The van der Waals surface area contributed by atoms with E-state index >= 15 is 0 Å². The van der Waals surface area contributed by atoms with Crippen LogP contribution in [-0.2, 0) is 17.6 Å². The minimum atomic E-state index is -1.58. The van der Waals surface area contributed by atoms with Crippen molar-refractivity contribution >= 4 is 0 Å². The first-order valence-corrected chi connectivity index (χ1v) is 13.2. The maximum absolute atomic E-state index is 12.6. The number of pyridine rings is 2. The Morgan fingerprint density at radius 1 is 1.08 bits per heavy atom. The molecule has 1 aromatic carbocycles. The molecule has 5 heteroatoms. The van der Waals surface area contributed by atoms with E-state index in [0.29, 0.717) is 17.7 Å². The molecule has 37 heavy (non-hydrogen) atoms. The first kappa shape index (κ1) is 25.6. The van der Waals surface area contributed by atoms with Crippen LogP contribution < -0.4 is 0 Å². The summed E-state index contributed by atoms with van der Waals surface area (Å²) in [6.45, 7) is 10.0. The molecule has 0 amide bonds. The molecule has 2 aromatic heterocycles. The Bertz CT molecular complexity index is 1320. The average molecular weight is 496 g/mol. The van der Waals surface area contributed by atoms with Gasteiger partial charge in [-0.15, -0.1) is 6.42 Å². The maximum atomic E-state index is 12.6. The standard InChI is InChI=1S/C32H37N3O2/c1-6-31(36,29-9-7-8-23(4)34-29)17-24-16-27(19-33-18-24)32(37,26-12-10-25(11-13-26)22(2)3)30(5)20-35(21-30)28-14-15-28/h1,7-13,16,18-19,22,28,36-37H,14-15,17,20-21H2,2-5H3/t31?,32-/m0/s1. The second-order valence-corrected chi connectivity index (χ2v) is 11.6. The van der Waals surface area contributed by atoms with Crippen LogP contribution in [0.25, 0.3) is 0 Å². The lowest BCUT2D eigenvalue weighted by atomic mass is 9.61. The fraction of sp³-hybridized carbons (Fsp3) is 0.438. The highest BCUT2D eigenvalue weighted by atomic mass is 16.3. The Morgan fingerprint density at radius 2 is 1.78 bits per heavy atom. The number of nitrogens with zero attached hydrogens (tertiary/aromatic N) is 3. The van der Waals surface area contributed by atoms with Crippen LogP contribution in [-0.4, -0.2) is 44.2 Å². The third-order valence-corrected chi connectivity index (χ3v) is 8.26. The normalized spacial score (nSPS) is 20.5. The summed E-state index contributed by atoms with van der Waals surface area (Å²) in [6.07, 6.45) is 11.9. The average Bonchev–Trinajstić information content (AvgIpc) is 3.71. The van der Waals surface area contributed by atoms with Crippen molar-refractivity contribution in [3.8, 4) is 12.3 Å². The number of aliphatic hydroxyl groups is 2. The van der Waals surface area contributed by atoms with Crippen molar-refractivity contribution in [1.82, 2.24) is 14.9 Å². The summed E-state index contributed by atoms with van der Waals surface area (Å²) < 4.78 is 0. The molecule has 1 unspecified atom stereocenters. The van der Waals surface area contributed by atoms with Gasteiger partial charge < -0.3 is 10.2 Å². The van der Waals surface area contributed by atoms with E-state index in [1.807, 2.05) is 25.1 Å². The van der Waals surface area contributed by atoms with Crippen LogP contribution in [0.2, 0.25) is 0 Å². The first-order valence-electron chi connectivity index (χ1n) is 13.2. The van der Waals surface area contributed by atoms with Crippen LogP contribution in [0.1, 0.15) is 73.2 Å². The number of likely N-dealkylation sites (tertiary alicyclic amines) is 1. The number of hydrogen-bond donors (Lipinski definition) is 2. The van der Waals surface area contributed by atoms with Gasteiger partial charge in [-0.1, -0.05) is 57.0 Å². The molecule has 2 aliphatic rings. The van der Waals surface area contributed by atoms with Gasteiger partial charge in [-0.2, -0.15) is 0 Å². The third kappa shape index (κ3) is 4.59. The van der Waals surface area contributed by atoms with Gasteiger partial charge in [0.05, 0.1) is 5.69 Å². The smallest absolute Gasteiger partial charge is 0.171 e. The minimum absolute atomic E-state index is 0.147. The highest BCUT2D eigenvalue weighted by Crippen LogP contribution is 2.53. The first-order chi connectivity index (χ1) is 17.6. The second kappa shape index (κ2) is 9.36. The van der Waals surface area contributed by atoms with Crippen molar-refractivity contribution in [2.75, 3.05) is 13.1 Å². The predicted molar refractivity (Wildman–Crippen MR) is 146 cm³/mol. The van der Waals surface area contributed by atoms with Gasteiger partial charge in [0.15, 0.2) is 5.60 Å². The van der Waals surface area contributed by atoms with Crippen LogP contribution in [0.15, 0.2) is 60.9 Å². The highest BCUT2D eigenvalue weighted by Gasteiger charge is 2.58. The van der Waals surface area contributed by atoms with Crippen LogP contribution in [0, 0.1) is 24.7 Å². The van der Waals surface area contributed by atoms with Crippen molar-refractivity contribution in [1.29, 1.82) is 0 Å². The molecule has 3 aromatic rings. The molecule has 5 rings (SSSR count). The van der Waals surface area contributed by atoms with Crippen molar-refractivity contribution < 1.29 is 10.2 Å². The van der Waals surface area contributed by atoms with E-state index in [4.69, 9.17) is 6.42 Å². The number of terminal acetylenes is 1. The number of hydrogen-bond acceptors (Lipinski definition) is 5. The summed E-state index contributed by atoms with van der Waals surface area (Å²) in [5, 5.41) is 24.0. The fourth-order valence-corrected chi connectivity index (χ4v) is 5.82. The van der Waals surface area contributed by atoms with E-state index in [1.165, 1.54) is 18.4 Å². The lowest BCUT2D eigenvalue weighted by molar-refractivity contribution is -0.138. The summed E-state index contributed by atoms with van der Waals surface area (Å²) in [7, 11) is 0. The molecule has 1 saturated carbocycles. The molecule has 0 radical (unpaired) electrons. The summed E-state index contributed by atoms with van der Waals surface area (Å²) in [6, 6.07) is 16.4. The van der Waals surface area contributed by atoms with E-state index < -0.39 is 11.2 Å². The number of aryl methyl sites for hydroxylation is 1. The molecule has 0 bridgehead atoms. The summed E-state index contributed by atoms with van der Waals surface area (Å²) >= 11 is 0. The Morgan fingerprint density at radius 3 is 2.38 bits per heavy atom. The monoisotopic (exact) mass is 495 g/mol. The van der Waals surface area contributed by atoms with E-state index in [2.05, 4.69) is 65.8 Å². The van der Waals surface area contributed by atoms with Gasteiger partial charge in [-0.05, 0) is 60.6 Å². The van der Waals surface area contributed by atoms with E-state index in [1.54, 1.807) is 18.5 Å². The van der Waals surface area contributed by atoms with Crippen molar-refractivity contribution in [2.24, 2.45) is 5.41 Å². The molecule has 5 nitrogen and oxygen atoms in total. The Kier molecular flexibility index (Phi) is 6.48. The Labute approximate surface area is 220 Å². The SMILES string of the molecule is C#CC(O)(Cc1cncc([C@@](O)(c2ccc(C(C)C)cc2)C2(C)CN(C3CC3)C2)c1)c1cccc(C)n1. The fourth-order valence-electron chi connectivity index (χ4n) is 5.82. The molecule has 2 N–H and O–H groups in total. The topological polar surface area (TPSA) is 69.5 Å².